The molecule has 2 aliphatic carbocycles. The van der Waals surface area contributed by atoms with Crippen molar-refractivity contribution < 1.29 is 23.8 Å². The van der Waals surface area contributed by atoms with Gasteiger partial charge in [-0.05, 0) is 72.3 Å². The van der Waals surface area contributed by atoms with Gasteiger partial charge in [0.1, 0.15) is 29.6 Å². The summed E-state index contributed by atoms with van der Waals surface area (Å²) in [6.07, 6.45) is 7.83. The Morgan fingerprint density at radius 1 is 1.26 bits per heavy atom. The second-order valence-electron chi connectivity index (χ2n) is 10.4. The summed E-state index contributed by atoms with van der Waals surface area (Å²) < 4.78 is 27.8. The molecule has 0 bridgehead atoms. The van der Waals surface area contributed by atoms with Gasteiger partial charge in [0.05, 0.1) is 19.2 Å². The van der Waals surface area contributed by atoms with Crippen LogP contribution < -0.4 is 9.47 Å². The number of rotatable bonds is 10. The van der Waals surface area contributed by atoms with Gasteiger partial charge in [0.2, 0.25) is 5.88 Å². The van der Waals surface area contributed by atoms with Crippen LogP contribution >= 0.6 is 13.5 Å². The normalized spacial score (nSPS) is 16.9. The molecule has 0 radical (unpaired) electrons. The quantitative estimate of drug-likeness (QED) is 0.354. The van der Waals surface area contributed by atoms with Crippen molar-refractivity contribution >= 4 is 25.0 Å². The fourth-order valence-corrected chi connectivity index (χ4v) is 5.16. The summed E-state index contributed by atoms with van der Waals surface area (Å²) in [6.45, 7) is 4.39. The Kier molecular flexibility index (Phi) is 8.10. The SMILES string of the molecule is COc1ccc(F)c(-n2nnc(COc3cc([C@@H](CC(=O)O)C4CC4)ccn3)c2C2=CCCC2(C)C)c1.S. The Hall–Kier alpha value is -3.40. The van der Waals surface area contributed by atoms with E-state index in [1.807, 2.05) is 12.1 Å². The molecule has 0 unspecified atom stereocenters. The molecular formula is C28H33FN4O4S. The highest BCUT2D eigenvalue weighted by Crippen LogP contribution is 2.46. The molecule has 10 heteroatoms. The molecule has 0 spiro atoms. The molecule has 2 aromatic heterocycles. The Morgan fingerprint density at radius 2 is 2.05 bits per heavy atom. The summed E-state index contributed by atoms with van der Waals surface area (Å²) in [7, 11) is 1.53. The van der Waals surface area contributed by atoms with Crippen LogP contribution in [-0.4, -0.2) is 38.2 Å². The molecule has 1 aromatic carbocycles. The lowest BCUT2D eigenvalue weighted by molar-refractivity contribution is -0.137. The number of methoxy groups -OCH3 is 1. The number of carboxylic acid groups (broad SMARTS) is 1. The zero-order valence-corrected chi connectivity index (χ0v) is 22.8. The highest BCUT2D eigenvalue weighted by molar-refractivity contribution is 7.59. The molecule has 1 N–H and O–H groups in total. The minimum atomic E-state index is -0.810. The van der Waals surface area contributed by atoms with Crippen molar-refractivity contribution in [3.05, 3.63) is 65.4 Å². The fourth-order valence-electron chi connectivity index (χ4n) is 5.16. The first-order valence-corrected chi connectivity index (χ1v) is 12.6. The average Bonchev–Trinajstić information content (AvgIpc) is 3.54. The van der Waals surface area contributed by atoms with Crippen molar-refractivity contribution in [2.45, 2.75) is 58.5 Å². The highest BCUT2D eigenvalue weighted by atomic mass is 32.1. The Balaban J connectivity index is 0.00000336. The van der Waals surface area contributed by atoms with Crippen LogP contribution in [0.5, 0.6) is 11.6 Å². The standard InChI is InChI=1S/C28H31FN4O4.H2S/c1-28(2)11-4-5-21(28)27-23(31-32-33(27)24-14-19(36-3)8-9-22(24)29)16-37-25-13-18(10-12-30-25)20(15-26(34)35)17-6-7-17;/h5,8-10,12-14,17,20H,4,6-7,11,15-16H2,1-3H3,(H,34,35);1H2/t20-;/m0./s1. The van der Waals surface area contributed by atoms with Crippen LogP contribution in [0, 0.1) is 17.2 Å². The zero-order chi connectivity index (χ0) is 26.2. The molecule has 38 heavy (non-hydrogen) atoms. The van der Waals surface area contributed by atoms with E-state index in [2.05, 4.69) is 35.2 Å². The molecule has 2 heterocycles. The van der Waals surface area contributed by atoms with Crippen LogP contribution in [-0.2, 0) is 11.4 Å². The van der Waals surface area contributed by atoms with E-state index in [0.29, 0.717) is 28.9 Å². The van der Waals surface area contributed by atoms with Crippen LogP contribution in [0.4, 0.5) is 4.39 Å². The number of hydrogen-bond donors (Lipinski definition) is 1. The zero-order valence-electron chi connectivity index (χ0n) is 21.8. The lowest BCUT2D eigenvalue weighted by Crippen LogP contribution is -2.15. The molecule has 0 saturated heterocycles. The summed E-state index contributed by atoms with van der Waals surface area (Å²) in [5.41, 5.74) is 3.33. The van der Waals surface area contributed by atoms with E-state index in [0.717, 1.165) is 36.8 Å². The number of carboxylic acids is 1. The second kappa shape index (κ2) is 11.1. The third-order valence-corrected chi connectivity index (χ3v) is 7.35. The number of aromatic nitrogens is 4. The number of carbonyl (C=O) groups is 1. The molecule has 0 amide bonds. The van der Waals surface area contributed by atoms with Crippen molar-refractivity contribution in [2.75, 3.05) is 7.11 Å². The minimum Gasteiger partial charge on any atom is -0.497 e. The molecule has 5 rings (SSSR count). The van der Waals surface area contributed by atoms with Crippen LogP contribution in [0.15, 0.2) is 42.6 Å². The molecule has 1 atom stereocenters. The lowest BCUT2D eigenvalue weighted by atomic mass is 9.83. The number of aliphatic carboxylic acids is 1. The van der Waals surface area contributed by atoms with Gasteiger partial charge in [0, 0.05) is 18.3 Å². The van der Waals surface area contributed by atoms with E-state index in [1.165, 1.54) is 17.9 Å². The topological polar surface area (TPSA) is 99.4 Å². The number of hydrogen-bond acceptors (Lipinski definition) is 6. The second-order valence-corrected chi connectivity index (χ2v) is 10.4. The first-order valence-electron chi connectivity index (χ1n) is 12.6. The molecule has 2 aliphatic rings. The summed E-state index contributed by atoms with van der Waals surface area (Å²) in [4.78, 5) is 15.7. The summed E-state index contributed by atoms with van der Waals surface area (Å²) in [6, 6.07) is 8.20. The fraction of sp³-hybridized carbons (Fsp3) is 0.429. The number of halogens is 1. The molecule has 0 aliphatic heterocycles. The highest BCUT2D eigenvalue weighted by Gasteiger charge is 2.35. The monoisotopic (exact) mass is 540 g/mol. The van der Waals surface area contributed by atoms with E-state index in [9.17, 15) is 14.3 Å². The smallest absolute Gasteiger partial charge is 0.303 e. The largest absolute Gasteiger partial charge is 0.497 e. The van der Waals surface area contributed by atoms with Crippen LogP contribution in [0.1, 0.15) is 68.8 Å². The van der Waals surface area contributed by atoms with Gasteiger partial charge in [-0.15, -0.1) is 5.10 Å². The van der Waals surface area contributed by atoms with Crippen molar-refractivity contribution in [3.63, 3.8) is 0 Å². The lowest BCUT2D eigenvalue weighted by Gasteiger charge is -2.24. The number of ether oxygens (including phenoxy) is 2. The first kappa shape index (κ1) is 27.6. The van der Waals surface area contributed by atoms with E-state index < -0.39 is 11.8 Å². The number of nitrogens with zero attached hydrogens (tertiary/aromatic N) is 4. The molecular weight excluding hydrogens is 507 g/mol. The van der Waals surface area contributed by atoms with Gasteiger partial charge in [-0.1, -0.05) is 25.1 Å². The summed E-state index contributed by atoms with van der Waals surface area (Å²) in [5, 5.41) is 18.1. The summed E-state index contributed by atoms with van der Waals surface area (Å²) in [5.74, 6) is -0.0134. The first-order chi connectivity index (χ1) is 17.8. The van der Waals surface area contributed by atoms with E-state index in [4.69, 9.17) is 9.47 Å². The summed E-state index contributed by atoms with van der Waals surface area (Å²) >= 11 is 0. The third-order valence-electron chi connectivity index (χ3n) is 7.35. The maximum atomic E-state index is 14.9. The molecule has 8 nitrogen and oxygen atoms in total. The minimum absolute atomic E-state index is 0. The number of pyridine rings is 1. The number of allylic oxidation sites excluding steroid dienone is 2. The van der Waals surface area contributed by atoms with Gasteiger partial charge < -0.3 is 14.6 Å². The maximum absolute atomic E-state index is 14.9. The Bertz CT molecular complexity index is 1350. The van der Waals surface area contributed by atoms with Gasteiger partial charge in [-0.2, -0.15) is 13.5 Å². The number of benzene rings is 1. The van der Waals surface area contributed by atoms with Gasteiger partial charge in [-0.25, -0.2) is 14.1 Å². The van der Waals surface area contributed by atoms with Gasteiger partial charge in [0.25, 0.3) is 0 Å². The van der Waals surface area contributed by atoms with E-state index >= 15 is 0 Å². The predicted octanol–water partition coefficient (Wildman–Crippen LogP) is 5.67. The van der Waals surface area contributed by atoms with Crippen molar-refractivity contribution in [1.82, 2.24) is 20.0 Å². The van der Waals surface area contributed by atoms with Crippen LogP contribution in [0.3, 0.4) is 0 Å². The Labute approximate surface area is 228 Å². The molecule has 202 valence electrons. The van der Waals surface area contributed by atoms with Gasteiger partial charge in [0.15, 0.2) is 0 Å². The predicted molar refractivity (Wildman–Crippen MR) is 146 cm³/mol. The molecule has 3 aromatic rings. The molecule has 1 fully saturated rings. The van der Waals surface area contributed by atoms with Crippen LogP contribution in [0.2, 0.25) is 0 Å². The third kappa shape index (κ3) is 5.70. The van der Waals surface area contributed by atoms with Crippen molar-refractivity contribution in [1.29, 1.82) is 0 Å². The van der Waals surface area contributed by atoms with Gasteiger partial charge in [-0.3, -0.25) is 4.79 Å². The van der Waals surface area contributed by atoms with Crippen molar-refractivity contribution in [3.8, 4) is 17.3 Å². The van der Waals surface area contributed by atoms with E-state index in [-0.39, 0.29) is 43.5 Å². The van der Waals surface area contributed by atoms with Gasteiger partial charge >= 0.3 is 5.97 Å². The Morgan fingerprint density at radius 3 is 2.71 bits per heavy atom. The van der Waals surface area contributed by atoms with Crippen LogP contribution in [0.25, 0.3) is 11.3 Å². The van der Waals surface area contributed by atoms with E-state index in [1.54, 1.807) is 18.3 Å². The average molecular weight is 541 g/mol. The maximum Gasteiger partial charge on any atom is 0.303 e. The van der Waals surface area contributed by atoms with Crippen molar-refractivity contribution in [2.24, 2.45) is 11.3 Å². The molecule has 1 saturated carbocycles.